The number of rotatable bonds is 6. The number of aryl methyl sites for hydroxylation is 1. The molecular formula is C22H22F3N3O. The standard InChI is InChI=1S/C22H22F3N3O/c1-3-28(2)20-12-7-16-14-18(10-11-19(16)27-20)26-21(29)13-6-15-4-8-17(9-5-15)22(23,24)25/h4-5,7-12,14H,3,6,13H2,1-2H3,(H,26,29). The van der Waals surface area contributed by atoms with Gasteiger partial charge in [0, 0.05) is 31.1 Å². The van der Waals surface area contributed by atoms with Gasteiger partial charge in [0.1, 0.15) is 5.82 Å². The SMILES string of the molecule is CCN(C)c1ccc2cc(NC(=O)CCc3ccc(C(F)(F)F)cc3)ccc2n1. The van der Waals surface area contributed by atoms with Crippen molar-refractivity contribution in [3.05, 3.63) is 65.7 Å². The molecule has 0 aliphatic carbocycles. The first-order valence-electron chi connectivity index (χ1n) is 9.34. The molecule has 0 fully saturated rings. The van der Waals surface area contributed by atoms with Crippen LogP contribution in [0.15, 0.2) is 54.6 Å². The summed E-state index contributed by atoms with van der Waals surface area (Å²) < 4.78 is 37.8. The van der Waals surface area contributed by atoms with Crippen molar-refractivity contribution in [1.82, 2.24) is 4.98 Å². The molecule has 0 radical (unpaired) electrons. The van der Waals surface area contributed by atoms with E-state index in [1.165, 1.54) is 12.1 Å². The molecule has 0 saturated carbocycles. The van der Waals surface area contributed by atoms with E-state index in [1.807, 2.05) is 36.2 Å². The molecule has 152 valence electrons. The smallest absolute Gasteiger partial charge is 0.360 e. The first kappa shape index (κ1) is 20.6. The minimum absolute atomic E-state index is 0.182. The van der Waals surface area contributed by atoms with Crippen LogP contribution in [0, 0.1) is 0 Å². The Kier molecular flexibility index (Phi) is 6.06. The Bertz CT molecular complexity index is 1000. The van der Waals surface area contributed by atoms with Crippen molar-refractivity contribution in [3.63, 3.8) is 0 Å². The fourth-order valence-corrected chi connectivity index (χ4v) is 2.91. The molecule has 1 N–H and O–H groups in total. The largest absolute Gasteiger partial charge is 0.416 e. The highest BCUT2D eigenvalue weighted by atomic mass is 19.4. The van der Waals surface area contributed by atoms with E-state index in [-0.39, 0.29) is 12.3 Å². The lowest BCUT2D eigenvalue weighted by Crippen LogP contribution is -2.17. The minimum Gasteiger partial charge on any atom is -0.360 e. The van der Waals surface area contributed by atoms with Gasteiger partial charge in [0.2, 0.25) is 5.91 Å². The van der Waals surface area contributed by atoms with Crippen LogP contribution < -0.4 is 10.2 Å². The zero-order valence-electron chi connectivity index (χ0n) is 16.3. The van der Waals surface area contributed by atoms with Gasteiger partial charge >= 0.3 is 6.18 Å². The van der Waals surface area contributed by atoms with Crippen molar-refractivity contribution in [1.29, 1.82) is 0 Å². The van der Waals surface area contributed by atoms with E-state index >= 15 is 0 Å². The third kappa shape index (κ3) is 5.25. The second-order valence-corrected chi connectivity index (χ2v) is 6.83. The third-order valence-electron chi connectivity index (χ3n) is 4.75. The number of carbonyl (C=O) groups excluding carboxylic acids is 1. The molecule has 1 aromatic heterocycles. The number of hydrogen-bond donors (Lipinski definition) is 1. The van der Waals surface area contributed by atoms with Gasteiger partial charge in [0.25, 0.3) is 0 Å². The normalized spacial score (nSPS) is 11.5. The van der Waals surface area contributed by atoms with E-state index < -0.39 is 11.7 Å². The predicted molar refractivity (Wildman–Crippen MR) is 109 cm³/mol. The number of carbonyl (C=O) groups is 1. The summed E-state index contributed by atoms with van der Waals surface area (Å²) in [6.45, 7) is 2.90. The molecule has 1 amide bonds. The van der Waals surface area contributed by atoms with Gasteiger partial charge in [-0.1, -0.05) is 12.1 Å². The molecule has 3 aromatic rings. The molecule has 0 aliphatic heterocycles. The highest BCUT2D eigenvalue weighted by molar-refractivity contribution is 5.94. The summed E-state index contributed by atoms with van der Waals surface area (Å²) in [6, 6.07) is 14.3. The number of fused-ring (bicyclic) bond motifs is 1. The van der Waals surface area contributed by atoms with Gasteiger partial charge in [-0.2, -0.15) is 13.2 Å². The number of amides is 1. The van der Waals surface area contributed by atoms with Gasteiger partial charge in [-0.15, -0.1) is 0 Å². The highest BCUT2D eigenvalue weighted by Gasteiger charge is 2.29. The molecule has 0 spiro atoms. The number of pyridine rings is 1. The highest BCUT2D eigenvalue weighted by Crippen LogP contribution is 2.29. The molecule has 3 rings (SSSR count). The van der Waals surface area contributed by atoms with Crippen LogP contribution in [-0.4, -0.2) is 24.5 Å². The predicted octanol–water partition coefficient (Wildman–Crippen LogP) is 5.28. The molecule has 0 saturated heterocycles. The maximum atomic E-state index is 12.6. The Hall–Kier alpha value is -3.09. The number of halogens is 3. The van der Waals surface area contributed by atoms with Crippen LogP contribution in [-0.2, 0) is 17.4 Å². The van der Waals surface area contributed by atoms with E-state index in [1.54, 1.807) is 6.07 Å². The van der Waals surface area contributed by atoms with Crippen LogP contribution in [0.3, 0.4) is 0 Å². The van der Waals surface area contributed by atoms with Gasteiger partial charge < -0.3 is 10.2 Å². The monoisotopic (exact) mass is 401 g/mol. The average Bonchev–Trinajstić information content (AvgIpc) is 2.71. The van der Waals surface area contributed by atoms with E-state index in [0.717, 1.165) is 35.4 Å². The topological polar surface area (TPSA) is 45.2 Å². The number of benzene rings is 2. The summed E-state index contributed by atoms with van der Waals surface area (Å²) >= 11 is 0. The van der Waals surface area contributed by atoms with Crippen molar-refractivity contribution >= 4 is 28.3 Å². The Morgan fingerprint density at radius 3 is 2.45 bits per heavy atom. The van der Waals surface area contributed by atoms with Crippen LogP contribution in [0.25, 0.3) is 10.9 Å². The van der Waals surface area contributed by atoms with Crippen LogP contribution in [0.2, 0.25) is 0 Å². The number of nitrogens with zero attached hydrogens (tertiary/aromatic N) is 2. The summed E-state index contributed by atoms with van der Waals surface area (Å²) in [6.07, 6.45) is -3.80. The molecular weight excluding hydrogens is 379 g/mol. The van der Waals surface area contributed by atoms with E-state index in [0.29, 0.717) is 17.7 Å². The molecule has 1 heterocycles. The average molecular weight is 401 g/mol. The number of anilines is 2. The van der Waals surface area contributed by atoms with E-state index in [2.05, 4.69) is 17.2 Å². The van der Waals surface area contributed by atoms with Gasteiger partial charge in [-0.05, 0) is 61.4 Å². The first-order valence-corrected chi connectivity index (χ1v) is 9.34. The second kappa shape index (κ2) is 8.51. The van der Waals surface area contributed by atoms with Gasteiger partial charge in [0.15, 0.2) is 0 Å². The quantitative estimate of drug-likeness (QED) is 0.611. The lowest BCUT2D eigenvalue weighted by molar-refractivity contribution is -0.137. The van der Waals surface area contributed by atoms with Crippen molar-refractivity contribution in [2.24, 2.45) is 0 Å². The minimum atomic E-state index is -4.35. The second-order valence-electron chi connectivity index (χ2n) is 6.83. The maximum Gasteiger partial charge on any atom is 0.416 e. The molecule has 0 unspecified atom stereocenters. The van der Waals surface area contributed by atoms with Crippen LogP contribution in [0.1, 0.15) is 24.5 Å². The van der Waals surface area contributed by atoms with Gasteiger partial charge in [0.05, 0.1) is 11.1 Å². The zero-order valence-corrected chi connectivity index (χ0v) is 16.3. The van der Waals surface area contributed by atoms with Crippen molar-refractivity contribution in [3.8, 4) is 0 Å². The molecule has 0 aliphatic rings. The fraction of sp³-hybridized carbons (Fsp3) is 0.273. The molecule has 29 heavy (non-hydrogen) atoms. The fourth-order valence-electron chi connectivity index (χ4n) is 2.91. The number of aromatic nitrogens is 1. The number of nitrogens with one attached hydrogen (secondary N) is 1. The lowest BCUT2D eigenvalue weighted by Gasteiger charge is -2.16. The van der Waals surface area contributed by atoms with Crippen molar-refractivity contribution in [2.75, 3.05) is 23.8 Å². The summed E-state index contributed by atoms with van der Waals surface area (Å²) in [4.78, 5) is 18.9. The Balaban J connectivity index is 1.60. The molecule has 2 aromatic carbocycles. The van der Waals surface area contributed by atoms with Crippen molar-refractivity contribution < 1.29 is 18.0 Å². The summed E-state index contributed by atoms with van der Waals surface area (Å²) in [5.74, 6) is 0.688. The van der Waals surface area contributed by atoms with E-state index in [4.69, 9.17) is 0 Å². The molecule has 7 heteroatoms. The summed E-state index contributed by atoms with van der Waals surface area (Å²) in [5.41, 5.74) is 1.49. The number of alkyl halides is 3. The molecule has 0 bridgehead atoms. The Morgan fingerprint density at radius 2 is 1.79 bits per heavy atom. The summed E-state index contributed by atoms with van der Waals surface area (Å²) in [5, 5.41) is 3.75. The third-order valence-corrected chi connectivity index (χ3v) is 4.75. The van der Waals surface area contributed by atoms with Crippen molar-refractivity contribution in [2.45, 2.75) is 25.9 Å². The van der Waals surface area contributed by atoms with Gasteiger partial charge in [-0.25, -0.2) is 4.98 Å². The van der Waals surface area contributed by atoms with E-state index in [9.17, 15) is 18.0 Å². The first-order chi connectivity index (χ1) is 13.8. The van der Waals surface area contributed by atoms with Crippen LogP contribution in [0.4, 0.5) is 24.7 Å². The zero-order chi connectivity index (χ0) is 21.0. The number of hydrogen-bond acceptors (Lipinski definition) is 3. The van der Waals surface area contributed by atoms with Gasteiger partial charge in [-0.3, -0.25) is 4.79 Å². The molecule has 0 atom stereocenters. The molecule has 4 nitrogen and oxygen atoms in total. The van der Waals surface area contributed by atoms with Crippen LogP contribution >= 0.6 is 0 Å². The summed E-state index contributed by atoms with van der Waals surface area (Å²) in [7, 11) is 1.97. The Labute approximate surface area is 167 Å². The van der Waals surface area contributed by atoms with Crippen LogP contribution in [0.5, 0.6) is 0 Å². The lowest BCUT2D eigenvalue weighted by atomic mass is 10.1. The maximum absolute atomic E-state index is 12.6. The Morgan fingerprint density at radius 1 is 1.07 bits per heavy atom.